The zero-order valence-electron chi connectivity index (χ0n) is 7.98. The normalized spacial score (nSPS) is 10.6. The van der Waals surface area contributed by atoms with Crippen molar-refractivity contribution in [3.05, 3.63) is 34.7 Å². The fraction of sp³-hybridized carbons (Fsp3) is 0.222. The van der Waals surface area contributed by atoms with Crippen LogP contribution < -0.4 is 0 Å². The molecule has 0 unspecified atom stereocenters. The van der Waals surface area contributed by atoms with Crippen LogP contribution in [0.3, 0.4) is 0 Å². The number of halogens is 2. The molecule has 0 bridgehead atoms. The Morgan fingerprint density at radius 1 is 1.47 bits per heavy atom. The first-order valence-corrected chi connectivity index (χ1v) is 5.23. The van der Waals surface area contributed by atoms with Crippen molar-refractivity contribution in [1.29, 1.82) is 0 Å². The van der Waals surface area contributed by atoms with E-state index in [-0.39, 0.29) is 0 Å². The van der Waals surface area contributed by atoms with Crippen LogP contribution in [0.25, 0.3) is 5.82 Å². The molecular formula is C9H8Cl2N4. The molecule has 0 aliphatic rings. The molecule has 6 heteroatoms. The van der Waals surface area contributed by atoms with Gasteiger partial charge in [0.25, 0.3) is 0 Å². The predicted molar refractivity (Wildman–Crippen MR) is 58.5 cm³/mol. The largest absolute Gasteiger partial charge is 0.201 e. The average molecular weight is 243 g/mol. The molecule has 0 aliphatic heterocycles. The topological polar surface area (TPSA) is 43.6 Å². The Hall–Kier alpha value is -1.13. The Bertz CT molecular complexity index is 466. The lowest BCUT2D eigenvalue weighted by Gasteiger charge is -1.99. The summed E-state index contributed by atoms with van der Waals surface area (Å²) in [5.41, 5.74) is 1.63. The van der Waals surface area contributed by atoms with Crippen LogP contribution in [-0.2, 0) is 5.88 Å². The van der Waals surface area contributed by atoms with Gasteiger partial charge in [0.05, 0.1) is 11.6 Å². The van der Waals surface area contributed by atoms with Gasteiger partial charge in [-0.3, -0.25) is 0 Å². The lowest BCUT2D eigenvalue weighted by atomic mass is 10.3. The molecule has 78 valence electrons. The van der Waals surface area contributed by atoms with Crippen LogP contribution in [0.1, 0.15) is 11.3 Å². The van der Waals surface area contributed by atoms with Gasteiger partial charge in [-0.1, -0.05) is 11.6 Å². The van der Waals surface area contributed by atoms with E-state index in [0.717, 1.165) is 11.3 Å². The minimum absolute atomic E-state index is 0.338. The fourth-order valence-corrected chi connectivity index (χ4v) is 1.96. The van der Waals surface area contributed by atoms with Crippen LogP contribution in [0.5, 0.6) is 0 Å². The Kier molecular flexibility index (Phi) is 2.88. The van der Waals surface area contributed by atoms with E-state index < -0.39 is 0 Å². The summed E-state index contributed by atoms with van der Waals surface area (Å²) in [6.45, 7) is 1.86. The molecule has 0 atom stereocenters. The lowest BCUT2D eigenvalue weighted by Crippen LogP contribution is -2.00. The Labute approximate surface area is 96.8 Å². The van der Waals surface area contributed by atoms with Crippen molar-refractivity contribution in [3.8, 4) is 5.82 Å². The van der Waals surface area contributed by atoms with Gasteiger partial charge < -0.3 is 0 Å². The molecule has 0 aromatic carbocycles. The quantitative estimate of drug-likeness (QED) is 0.760. The maximum absolute atomic E-state index is 6.11. The summed E-state index contributed by atoms with van der Waals surface area (Å²) >= 11 is 11.9. The zero-order valence-corrected chi connectivity index (χ0v) is 9.50. The van der Waals surface area contributed by atoms with Gasteiger partial charge in [0.15, 0.2) is 5.82 Å². The van der Waals surface area contributed by atoms with Crippen LogP contribution >= 0.6 is 23.2 Å². The first-order valence-electron chi connectivity index (χ1n) is 4.32. The summed E-state index contributed by atoms with van der Waals surface area (Å²) in [7, 11) is 0. The summed E-state index contributed by atoms with van der Waals surface area (Å²) in [4.78, 5) is 0. The third-order valence-electron chi connectivity index (χ3n) is 2.03. The molecule has 2 aromatic heterocycles. The van der Waals surface area contributed by atoms with Crippen molar-refractivity contribution < 1.29 is 0 Å². The van der Waals surface area contributed by atoms with Crippen LogP contribution in [0, 0.1) is 6.92 Å². The van der Waals surface area contributed by atoms with Crippen LogP contribution in [-0.4, -0.2) is 20.0 Å². The van der Waals surface area contributed by atoms with Crippen molar-refractivity contribution in [2.45, 2.75) is 12.8 Å². The molecule has 0 saturated heterocycles. The highest BCUT2D eigenvalue weighted by Crippen LogP contribution is 2.23. The van der Waals surface area contributed by atoms with Crippen LogP contribution in [0.15, 0.2) is 18.3 Å². The molecule has 0 amide bonds. The van der Waals surface area contributed by atoms with Crippen molar-refractivity contribution in [2.75, 3.05) is 0 Å². The first-order chi connectivity index (χ1) is 7.24. The van der Waals surface area contributed by atoms with E-state index in [4.69, 9.17) is 23.2 Å². The molecule has 0 saturated carbocycles. The number of aromatic nitrogens is 4. The Morgan fingerprint density at radius 2 is 2.27 bits per heavy atom. The number of hydrogen-bond acceptors (Lipinski definition) is 3. The van der Waals surface area contributed by atoms with Gasteiger partial charge >= 0.3 is 0 Å². The lowest BCUT2D eigenvalue weighted by molar-refractivity contribution is 0.804. The van der Waals surface area contributed by atoms with E-state index >= 15 is 0 Å². The number of rotatable bonds is 2. The summed E-state index contributed by atoms with van der Waals surface area (Å²) < 4.78 is 1.53. The monoisotopic (exact) mass is 242 g/mol. The number of aryl methyl sites for hydroxylation is 1. The van der Waals surface area contributed by atoms with E-state index in [1.165, 1.54) is 4.68 Å². The highest BCUT2D eigenvalue weighted by atomic mass is 35.5. The molecule has 2 rings (SSSR count). The SMILES string of the molecule is Cc1nn(-c2cccnn2)c(Cl)c1CCl. The standard InChI is InChI=1S/C9H8Cl2N4/c1-6-7(5-10)9(11)15(14-6)8-3-2-4-12-13-8/h2-4H,5H2,1H3. The van der Waals surface area contributed by atoms with Crippen molar-refractivity contribution in [1.82, 2.24) is 20.0 Å². The van der Waals surface area contributed by atoms with Gasteiger partial charge in [-0.15, -0.1) is 16.7 Å². The molecule has 0 N–H and O–H groups in total. The van der Waals surface area contributed by atoms with E-state index in [9.17, 15) is 0 Å². The predicted octanol–water partition coefficient (Wildman–Crippen LogP) is 2.36. The molecule has 0 aliphatic carbocycles. The molecule has 4 nitrogen and oxygen atoms in total. The van der Waals surface area contributed by atoms with Crippen LogP contribution in [0.4, 0.5) is 0 Å². The van der Waals surface area contributed by atoms with E-state index in [2.05, 4.69) is 15.3 Å². The molecule has 0 fully saturated rings. The highest BCUT2D eigenvalue weighted by molar-refractivity contribution is 6.31. The molecule has 15 heavy (non-hydrogen) atoms. The fourth-order valence-electron chi connectivity index (χ4n) is 1.24. The zero-order chi connectivity index (χ0) is 10.8. The number of hydrogen-bond donors (Lipinski definition) is 0. The van der Waals surface area contributed by atoms with Crippen LogP contribution in [0.2, 0.25) is 5.15 Å². The van der Waals surface area contributed by atoms with Gasteiger partial charge in [-0.25, -0.2) is 4.68 Å². The second-order valence-electron chi connectivity index (χ2n) is 2.98. The number of nitrogens with zero attached hydrogens (tertiary/aromatic N) is 4. The molecule has 0 radical (unpaired) electrons. The maximum Gasteiger partial charge on any atom is 0.177 e. The highest BCUT2D eigenvalue weighted by Gasteiger charge is 2.14. The summed E-state index contributed by atoms with van der Waals surface area (Å²) in [5.74, 6) is 0.923. The smallest absolute Gasteiger partial charge is 0.177 e. The first kappa shape index (κ1) is 10.4. The number of alkyl halides is 1. The second-order valence-corrected chi connectivity index (χ2v) is 3.61. The minimum Gasteiger partial charge on any atom is -0.201 e. The van der Waals surface area contributed by atoms with Crippen molar-refractivity contribution >= 4 is 23.2 Å². The Balaban J connectivity index is 2.55. The molecular weight excluding hydrogens is 235 g/mol. The Morgan fingerprint density at radius 3 is 2.80 bits per heavy atom. The van der Waals surface area contributed by atoms with Gasteiger partial charge in [0, 0.05) is 11.8 Å². The summed E-state index contributed by atoms with van der Waals surface area (Å²) in [6.07, 6.45) is 1.59. The van der Waals surface area contributed by atoms with E-state index in [1.54, 1.807) is 18.3 Å². The van der Waals surface area contributed by atoms with Gasteiger partial charge in [0.1, 0.15) is 5.15 Å². The minimum atomic E-state index is 0.338. The third-order valence-corrected chi connectivity index (χ3v) is 2.69. The molecule has 2 aromatic rings. The van der Waals surface area contributed by atoms with Gasteiger partial charge in [-0.2, -0.15) is 10.2 Å². The van der Waals surface area contributed by atoms with Gasteiger partial charge in [-0.05, 0) is 19.1 Å². The van der Waals surface area contributed by atoms with E-state index in [1.807, 2.05) is 6.92 Å². The van der Waals surface area contributed by atoms with Gasteiger partial charge in [0.2, 0.25) is 0 Å². The maximum atomic E-state index is 6.11. The van der Waals surface area contributed by atoms with Crippen molar-refractivity contribution in [2.24, 2.45) is 0 Å². The van der Waals surface area contributed by atoms with Crippen molar-refractivity contribution in [3.63, 3.8) is 0 Å². The second kappa shape index (κ2) is 4.16. The summed E-state index contributed by atoms with van der Waals surface area (Å²) in [5, 5.41) is 12.4. The molecule has 0 spiro atoms. The van der Waals surface area contributed by atoms with E-state index in [0.29, 0.717) is 16.9 Å². The molecule has 2 heterocycles. The average Bonchev–Trinajstić information content (AvgIpc) is 2.55. The summed E-state index contributed by atoms with van der Waals surface area (Å²) in [6, 6.07) is 3.55. The third kappa shape index (κ3) is 1.82.